The number of nitrogens with two attached hydrogens (primary N) is 1. The third kappa shape index (κ3) is 2.74. The molecule has 2 unspecified atom stereocenters. The van der Waals surface area contributed by atoms with Crippen molar-refractivity contribution in [3.63, 3.8) is 0 Å². The molecule has 0 aromatic carbocycles. The molecule has 1 aliphatic rings. The highest BCUT2D eigenvalue weighted by molar-refractivity contribution is 5.94. The molecule has 2 heterocycles. The van der Waals surface area contributed by atoms with E-state index in [1.807, 2.05) is 31.6 Å². The summed E-state index contributed by atoms with van der Waals surface area (Å²) in [6.45, 7) is 4.40. The molecule has 0 bridgehead atoms. The zero-order valence-electron chi connectivity index (χ0n) is 12.3. The first-order valence-electron chi connectivity index (χ1n) is 6.99. The van der Waals surface area contributed by atoms with Crippen LogP contribution in [0, 0.1) is 0 Å². The summed E-state index contributed by atoms with van der Waals surface area (Å²) in [5.74, 6) is 1.30. The van der Waals surface area contributed by atoms with Gasteiger partial charge in [0.05, 0.1) is 6.04 Å². The maximum absolute atomic E-state index is 5.48. The van der Waals surface area contributed by atoms with Gasteiger partial charge in [-0.2, -0.15) is 0 Å². The number of pyridine rings is 1. The minimum atomic E-state index is 0.149. The minimum Gasteiger partial charge on any atom is -0.404 e. The Morgan fingerprint density at radius 2 is 2.30 bits per heavy atom. The van der Waals surface area contributed by atoms with Gasteiger partial charge in [0.15, 0.2) is 0 Å². The number of nitrogens with zero attached hydrogens (tertiary/aromatic N) is 3. The third-order valence-electron chi connectivity index (χ3n) is 3.77. The number of rotatable bonds is 4. The topological polar surface area (TPSA) is 54.5 Å². The van der Waals surface area contributed by atoms with Crippen LogP contribution >= 0.6 is 0 Å². The molecule has 0 amide bonds. The number of aliphatic imine (C=N–C) groups is 1. The van der Waals surface area contributed by atoms with Crippen molar-refractivity contribution in [2.24, 2.45) is 10.7 Å². The first-order chi connectivity index (χ1) is 9.69. The quantitative estimate of drug-likeness (QED) is 0.915. The molecular weight excluding hydrogens is 248 g/mol. The Labute approximate surface area is 120 Å². The monoisotopic (exact) mass is 270 g/mol. The van der Waals surface area contributed by atoms with E-state index in [4.69, 9.17) is 5.73 Å². The standard InChI is InChI=1S/C16H22N4/c1-4-12(2)16-13(6-5-10-19-16)14-8-11-18-15(7-9-17)20(14)3/h5-12,14H,4,17H2,1-3H3. The lowest BCUT2D eigenvalue weighted by Crippen LogP contribution is -2.31. The minimum absolute atomic E-state index is 0.149. The van der Waals surface area contributed by atoms with Crippen LogP contribution in [0.5, 0.6) is 0 Å². The molecular formula is C16H22N4. The lowest BCUT2D eigenvalue weighted by molar-refractivity contribution is 0.428. The highest BCUT2D eigenvalue weighted by Gasteiger charge is 2.23. The lowest BCUT2D eigenvalue weighted by Gasteiger charge is -2.31. The van der Waals surface area contributed by atoms with Gasteiger partial charge in [-0.05, 0) is 36.8 Å². The largest absolute Gasteiger partial charge is 0.404 e. The van der Waals surface area contributed by atoms with Gasteiger partial charge < -0.3 is 10.6 Å². The molecule has 0 saturated heterocycles. The van der Waals surface area contributed by atoms with E-state index < -0.39 is 0 Å². The summed E-state index contributed by atoms with van der Waals surface area (Å²) in [4.78, 5) is 11.0. The Morgan fingerprint density at radius 1 is 1.50 bits per heavy atom. The smallest absolute Gasteiger partial charge is 0.130 e. The van der Waals surface area contributed by atoms with Crippen molar-refractivity contribution in [1.82, 2.24) is 9.88 Å². The molecule has 0 spiro atoms. The van der Waals surface area contributed by atoms with Crippen LogP contribution in [0.25, 0.3) is 0 Å². The Kier molecular flexibility index (Phi) is 4.56. The van der Waals surface area contributed by atoms with Crippen LogP contribution in [0.2, 0.25) is 0 Å². The Hall–Kier alpha value is -2.10. The van der Waals surface area contributed by atoms with Gasteiger partial charge in [0, 0.05) is 30.7 Å². The molecule has 0 fully saturated rings. The van der Waals surface area contributed by atoms with Crippen LogP contribution in [-0.2, 0) is 0 Å². The normalized spacial score (nSPS) is 20.2. The van der Waals surface area contributed by atoms with Crippen molar-refractivity contribution < 1.29 is 0 Å². The van der Waals surface area contributed by atoms with Crippen molar-refractivity contribution in [3.05, 3.63) is 54.1 Å². The maximum Gasteiger partial charge on any atom is 0.130 e. The van der Waals surface area contributed by atoms with E-state index in [-0.39, 0.29) is 6.04 Å². The van der Waals surface area contributed by atoms with E-state index in [1.165, 1.54) is 11.8 Å². The van der Waals surface area contributed by atoms with Gasteiger partial charge >= 0.3 is 0 Å². The second kappa shape index (κ2) is 6.37. The third-order valence-corrected chi connectivity index (χ3v) is 3.77. The van der Waals surface area contributed by atoms with Crippen LogP contribution in [-0.4, -0.2) is 22.8 Å². The molecule has 2 rings (SSSR count). The summed E-state index contributed by atoms with van der Waals surface area (Å²) in [5, 5.41) is 0. The Morgan fingerprint density at radius 3 is 3.00 bits per heavy atom. The summed E-state index contributed by atoms with van der Waals surface area (Å²) >= 11 is 0. The van der Waals surface area contributed by atoms with Crippen molar-refractivity contribution in [1.29, 1.82) is 0 Å². The van der Waals surface area contributed by atoms with Gasteiger partial charge in [0.1, 0.15) is 5.84 Å². The molecule has 1 aromatic rings. The van der Waals surface area contributed by atoms with Crippen molar-refractivity contribution in [3.8, 4) is 0 Å². The molecule has 0 radical (unpaired) electrons. The maximum atomic E-state index is 5.48. The summed E-state index contributed by atoms with van der Waals surface area (Å²) in [6.07, 6.45) is 10.2. The van der Waals surface area contributed by atoms with E-state index in [0.717, 1.165) is 18.0 Å². The SMILES string of the molecule is CCC(C)c1ncccc1C1C=CN=C(C=CN)N1C. The molecule has 2 atom stereocenters. The predicted octanol–water partition coefficient (Wildman–Crippen LogP) is 2.97. The summed E-state index contributed by atoms with van der Waals surface area (Å²) in [7, 11) is 2.03. The highest BCUT2D eigenvalue weighted by Crippen LogP contribution is 2.30. The van der Waals surface area contributed by atoms with Gasteiger partial charge in [0.25, 0.3) is 0 Å². The van der Waals surface area contributed by atoms with Gasteiger partial charge in [-0.3, -0.25) is 4.98 Å². The average Bonchev–Trinajstić information content (AvgIpc) is 2.49. The number of aromatic nitrogens is 1. The van der Waals surface area contributed by atoms with Crippen LogP contribution in [0.3, 0.4) is 0 Å². The van der Waals surface area contributed by atoms with E-state index in [1.54, 1.807) is 0 Å². The van der Waals surface area contributed by atoms with Crippen molar-refractivity contribution >= 4 is 5.84 Å². The van der Waals surface area contributed by atoms with Crippen LogP contribution < -0.4 is 5.73 Å². The van der Waals surface area contributed by atoms with Crippen LogP contribution in [0.15, 0.2) is 47.9 Å². The Balaban J connectivity index is 2.38. The highest BCUT2D eigenvalue weighted by atomic mass is 15.2. The molecule has 20 heavy (non-hydrogen) atoms. The zero-order valence-corrected chi connectivity index (χ0v) is 12.3. The van der Waals surface area contributed by atoms with Crippen LogP contribution in [0.4, 0.5) is 0 Å². The molecule has 2 N–H and O–H groups in total. The number of likely N-dealkylation sites (N-methyl/N-ethyl adjacent to an activating group) is 1. The summed E-state index contributed by atoms with van der Waals surface area (Å²) in [5.41, 5.74) is 7.88. The number of hydrogen-bond acceptors (Lipinski definition) is 4. The van der Waals surface area contributed by atoms with Crippen molar-refractivity contribution in [2.75, 3.05) is 7.05 Å². The molecule has 106 valence electrons. The van der Waals surface area contributed by atoms with E-state index in [2.05, 4.69) is 40.9 Å². The van der Waals surface area contributed by atoms with Crippen molar-refractivity contribution in [2.45, 2.75) is 32.2 Å². The molecule has 4 nitrogen and oxygen atoms in total. The fourth-order valence-corrected chi connectivity index (χ4v) is 2.41. The number of hydrogen-bond donors (Lipinski definition) is 1. The van der Waals surface area contributed by atoms with E-state index in [0.29, 0.717) is 5.92 Å². The van der Waals surface area contributed by atoms with Gasteiger partial charge in [-0.1, -0.05) is 19.9 Å². The van der Waals surface area contributed by atoms with E-state index >= 15 is 0 Å². The van der Waals surface area contributed by atoms with Crippen LogP contribution in [0.1, 0.15) is 43.5 Å². The fourth-order valence-electron chi connectivity index (χ4n) is 2.41. The molecule has 1 aliphatic heterocycles. The summed E-state index contributed by atoms with van der Waals surface area (Å²) < 4.78 is 0. The van der Waals surface area contributed by atoms with E-state index in [9.17, 15) is 0 Å². The lowest BCUT2D eigenvalue weighted by atomic mass is 9.94. The van der Waals surface area contributed by atoms with Gasteiger partial charge in [-0.15, -0.1) is 0 Å². The first kappa shape index (κ1) is 14.3. The summed E-state index contributed by atoms with van der Waals surface area (Å²) in [6, 6.07) is 4.29. The predicted molar refractivity (Wildman–Crippen MR) is 83.3 cm³/mol. The molecule has 4 heteroatoms. The Bertz CT molecular complexity index is 545. The zero-order chi connectivity index (χ0) is 14.5. The second-order valence-corrected chi connectivity index (χ2v) is 5.03. The fraction of sp³-hybridized carbons (Fsp3) is 0.375. The average molecular weight is 270 g/mol. The second-order valence-electron chi connectivity index (χ2n) is 5.03. The first-order valence-corrected chi connectivity index (χ1v) is 6.99. The van der Waals surface area contributed by atoms with Gasteiger partial charge in [0.2, 0.25) is 0 Å². The number of amidine groups is 1. The van der Waals surface area contributed by atoms with Gasteiger partial charge in [-0.25, -0.2) is 4.99 Å². The molecule has 0 aliphatic carbocycles. The molecule has 0 saturated carbocycles. The molecule has 1 aromatic heterocycles.